The van der Waals surface area contributed by atoms with Crippen molar-refractivity contribution in [3.63, 3.8) is 0 Å². The van der Waals surface area contributed by atoms with Crippen LogP contribution in [0.5, 0.6) is 5.75 Å². The summed E-state index contributed by atoms with van der Waals surface area (Å²) in [6, 6.07) is 11.5. The van der Waals surface area contributed by atoms with E-state index < -0.39 is 11.6 Å². The summed E-state index contributed by atoms with van der Waals surface area (Å²) in [5.74, 6) is 2.01. The summed E-state index contributed by atoms with van der Waals surface area (Å²) in [5.41, 5.74) is 0.368. The average Bonchev–Trinajstić information content (AvgIpc) is 2.97. The molecule has 0 spiro atoms. The Kier molecular flexibility index (Phi) is 2.77. The fourth-order valence-electron chi connectivity index (χ4n) is 3.38. The third kappa shape index (κ3) is 1.94. The summed E-state index contributed by atoms with van der Waals surface area (Å²) in [6.45, 7) is 0. The Balaban J connectivity index is 1.87. The summed E-state index contributed by atoms with van der Waals surface area (Å²) in [4.78, 5) is 12.0. The molecule has 1 aromatic heterocycles. The van der Waals surface area contributed by atoms with Gasteiger partial charge in [0, 0.05) is 5.56 Å². The number of nitrogens with one attached hydrogen (secondary N) is 1. The van der Waals surface area contributed by atoms with Gasteiger partial charge >= 0.3 is 6.09 Å². The summed E-state index contributed by atoms with van der Waals surface area (Å²) in [5, 5.41) is 3.03. The molecule has 2 aliphatic rings. The summed E-state index contributed by atoms with van der Waals surface area (Å²) < 4.78 is 11.0. The molecule has 2 heterocycles. The number of para-hydroxylation sites is 1. The second-order valence-electron chi connectivity index (χ2n) is 5.89. The first-order valence-corrected chi connectivity index (χ1v) is 7.41. The van der Waals surface area contributed by atoms with Crippen LogP contribution in [0, 0.1) is 5.92 Å². The van der Waals surface area contributed by atoms with Gasteiger partial charge in [-0.25, -0.2) is 4.79 Å². The molecule has 1 aliphatic heterocycles. The van der Waals surface area contributed by atoms with E-state index >= 15 is 0 Å². The highest BCUT2D eigenvalue weighted by Crippen LogP contribution is 2.46. The van der Waals surface area contributed by atoms with E-state index in [0.29, 0.717) is 11.7 Å². The lowest BCUT2D eigenvalue weighted by atomic mass is 9.71. The Morgan fingerprint density at radius 2 is 2.05 bits per heavy atom. The molecule has 1 saturated carbocycles. The maximum atomic E-state index is 12.0. The lowest BCUT2D eigenvalue weighted by Gasteiger charge is -2.41. The van der Waals surface area contributed by atoms with Crippen molar-refractivity contribution in [1.82, 2.24) is 5.32 Å². The predicted octanol–water partition coefficient (Wildman–Crippen LogP) is 3.82. The number of carbonyl (C=O) groups excluding carboxylic acids is 1. The highest BCUT2D eigenvalue weighted by atomic mass is 16.6. The Hall–Kier alpha value is -2.23. The average molecular weight is 283 g/mol. The van der Waals surface area contributed by atoms with Gasteiger partial charge in [0.05, 0.1) is 6.26 Å². The fourth-order valence-corrected chi connectivity index (χ4v) is 3.38. The fraction of sp³-hybridized carbons (Fsp3) is 0.353. The number of carbonyl (C=O) groups is 1. The van der Waals surface area contributed by atoms with Crippen molar-refractivity contribution in [3.8, 4) is 5.75 Å². The van der Waals surface area contributed by atoms with Crippen LogP contribution in [0.1, 0.15) is 37.0 Å². The third-order valence-electron chi connectivity index (χ3n) is 4.63. The van der Waals surface area contributed by atoms with Crippen LogP contribution in [-0.2, 0) is 5.54 Å². The SMILES string of the molecule is O=C1NC(CC2CCC2)(c2ccco2)c2ccccc2O1. The van der Waals surface area contributed by atoms with Crippen molar-refractivity contribution in [3.05, 3.63) is 54.0 Å². The molecule has 4 heteroatoms. The van der Waals surface area contributed by atoms with E-state index in [9.17, 15) is 4.79 Å². The highest BCUT2D eigenvalue weighted by molar-refractivity contribution is 5.76. The largest absolute Gasteiger partial charge is 0.466 e. The Labute approximate surface area is 123 Å². The standard InChI is InChI=1S/C17H17NO3/c19-16-18-17(11-12-5-3-6-12,15-9-4-10-20-15)13-7-1-2-8-14(13)21-16/h1-2,4,7-10,12H,3,5-6,11H2,(H,18,19). The van der Waals surface area contributed by atoms with Crippen molar-refractivity contribution >= 4 is 6.09 Å². The third-order valence-corrected chi connectivity index (χ3v) is 4.63. The molecule has 1 aromatic carbocycles. The lowest BCUT2D eigenvalue weighted by molar-refractivity contribution is 0.147. The van der Waals surface area contributed by atoms with Crippen molar-refractivity contribution in [1.29, 1.82) is 0 Å². The maximum absolute atomic E-state index is 12.0. The zero-order valence-corrected chi connectivity index (χ0v) is 11.7. The molecule has 4 nitrogen and oxygen atoms in total. The Bertz CT molecular complexity index is 660. The summed E-state index contributed by atoms with van der Waals surface area (Å²) in [6.07, 6.45) is 5.78. The molecule has 1 N–H and O–H groups in total. The molecule has 108 valence electrons. The van der Waals surface area contributed by atoms with Crippen LogP contribution in [0.2, 0.25) is 0 Å². The number of benzene rings is 1. The Morgan fingerprint density at radius 3 is 2.76 bits per heavy atom. The van der Waals surface area contributed by atoms with Gasteiger partial charge in [0.15, 0.2) is 0 Å². The first-order chi connectivity index (χ1) is 10.3. The number of hydrogen-bond acceptors (Lipinski definition) is 3. The molecule has 1 amide bonds. The van der Waals surface area contributed by atoms with Crippen LogP contribution in [0.4, 0.5) is 4.79 Å². The molecule has 0 saturated heterocycles. The molecule has 1 aliphatic carbocycles. The van der Waals surface area contributed by atoms with E-state index in [4.69, 9.17) is 9.15 Å². The number of rotatable bonds is 3. The van der Waals surface area contributed by atoms with Crippen molar-refractivity contribution in [2.45, 2.75) is 31.2 Å². The smallest absolute Gasteiger partial charge is 0.413 e. The first kappa shape index (κ1) is 12.5. The molecular weight excluding hydrogens is 266 g/mol. The molecule has 0 radical (unpaired) electrons. The van der Waals surface area contributed by atoms with Crippen LogP contribution in [0.3, 0.4) is 0 Å². The summed E-state index contributed by atoms with van der Waals surface area (Å²) >= 11 is 0. The van der Waals surface area contributed by atoms with Gasteiger partial charge in [-0.05, 0) is 30.5 Å². The molecule has 4 rings (SSSR count). The van der Waals surface area contributed by atoms with Crippen LogP contribution in [-0.4, -0.2) is 6.09 Å². The van der Waals surface area contributed by atoms with E-state index in [1.54, 1.807) is 6.26 Å². The molecule has 2 aromatic rings. The van der Waals surface area contributed by atoms with Crippen molar-refractivity contribution in [2.75, 3.05) is 0 Å². The van der Waals surface area contributed by atoms with E-state index in [0.717, 1.165) is 17.7 Å². The zero-order valence-electron chi connectivity index (χ0n) is 11.7. The zero-order chi connectivity index (χ0) is 14.3. The van der Waals surface area contributed by atoms with Gasteiger partial charge in [-0.1, -0.05) is 37.5 Å². The molecule has 21 heavy (non-hydrogen) atoms. The van der Waals surface area contributed by atoms with E-state index in [1.807, 2.05) is 36.4 Å². The molecule has 1 atom stereocenters. The van der Waals surface area contributed by atoms with Gasteiger partial charge in [0.25, 0.3) is 0 Å². The minimum absolute atomic E-state index is 0.413. The summed E-state index contributed by atoms with van der Waals surface area (Å²) in [7, 11) is 0. The van der Waals surface area contributed by atoms with Gasteiger partial charge in [-0.3, -0.25) is 0 Å². The van der Waals surface area contributed by atoms with Gasteiger partial charge < -0.3 is 14.5 Å². The number of amides is 1. The number of fused-ring (bicyclic) bond motifs is 1. The van der Waals surface area contributed by atoms with Gasteiger partial charge in [0.2, 0.25) is 0 Å². The second-order valence-corrected chi connectivity index (χ2v) is 5.89. The van der Waals surface area contributed by atoms with E-state index in [1.165, 1.54) is 19.3 Å². The molecule has 1 fully saturated rings. The molecular formula is C17H17NO3. The normalized spacial score (nSPS) is 24.7. The first-order valence-electron chi connectivity index (χ1n) is 7.41. The van der Waals surface area contributed by atoms with Gasteiger partial charge in [0.1, 0.15) is 17.0 Å². The topological polar surface area (TPSA) is 51.5 Å². The van der Waals surface area contributed by atoms with Crippen LogP contribution >= 0.6 is 0 Å². The number of furan rings is 1. The van der Waals surface area contributed by atoms with Crippen molar-refractivity contribution < 1.29 is 13.9 Å². The van der Waals surface area contributed by atoms with Gasteiger partial charge in [-0.15, -0.1) is 0 Å². The predicted molar refractivity (Wildman–Crippen MR) is 77.0 cm³/mol. The number of ether oxygens (including phenoxy) is 1. The molecule has 1 unspecified atom stereocenters. The van der Waals surface area contributed by atoms with Gasteiger partial charge in [-0.2, -0.15) is 0 Å². The van der Waals surface area contributed by atoms with Crippen LogP contribution < -0.4 is 10.1 Å². The quantitative estimate of drug-likeness (QED) is 0.931. The maximum Gasteiger partial charge on any atom is 0.413 e. The highest BCUT2D eigenvalue weighted by Gasteiger charge is 2.46. The van der Waals surface area contributed by atoms with Crippen molar-refractivity contribution in [2.24, 2.45) is 5.92 Å². The minimum Gasteiger partial charge on any atom is -0.466 e. The van der Waals surface area contributed by atoms with Crippen LogP contribution in [0.15, 0.2) is 47.1 Å². The Morgan fingerprint density at radius 1 is 1.19 bits per heavy atom. The van der Waals surface area contributed by atoms with E-state index in [2.05, 4.69) is 5.32 Å². The molecule has 0 bridgehead atoms. The number of hydrogen-bond donors (Lipinski definition) is 1. The van der Waals surface area contributed by atoms with Crippen LogP contribution in [0.25, 0.3) is 0 Å². The second kappa shape index (κ2) is 4.65. The monoisotopic (exact) mass is 283 g/mol. The lowest BCUT2D eigenvalue weighted by Crippen LogP contribution is -2.52. The minimum atomic E-state index is -0.611. The van der Waals surface area contributed by atoms with E-state index in [-0.39, 0.29) is 0 Å².